The Morgan fingerprint density at radius 3 is 2.33 bits per heavy atom. The summed E-state index contributed by atoms with van der Waals surface area (Å²) in [5.41, 5.74) is 2.13. The topological polar surface area (TPSA) is 90.6 Å². The first-order valence-electron chi connectivity index (χ1n) is 14.5. The van der Waals surface area contributed by atoms with Gasteiger partial charge in [0.25, 0.3) is 0 Å². The molecule has 0 saturated carbocycles. The maximum atomic E-state index is 15.2. The molecule has 236 valence electrons. The van der Waals surface area contributed by atoms with Crippen LogP contribution in [0.1, 0.15) is 58.6 Å². The van der Waals surface area contributed by atoms with E-state index in [-0.39, 0.29) is 33.6 Å². The molecule has 0 N–H and O–H groups in total. The van der Waals surface area contributed by atoms with Crippen molar-refractivity contribution >= 4 is 25.8 Å². The van der Waals surface area contributed by atoms with E-state index in [4.69, 9.17) is 25.6 Å². The fraction of sp³-hybridized carbons (Fsp3) is 0.562. The van der Waals surface area contributed by atoms with Crippen LogP contribution in [0.25, 0.3) is 22.6 Å². The van der Waals surface area contributed by atoms with E-state index in [0.29, 0.717) is 47.2 Å². The lowest BCUT2D eigenvalue weighted by molar-refractivity contribution is 0.0264. The van der Waals surface area contributed by atoms with Gasteiger partial charge in [-0.3, -0.25) is 0 Å². The molecule has 1 amide bonds. The summed E-state index contributed by atoms with van der Waals surface area (Å²) in [6.07, 6.45) is -0.376. The van der Waals surface area contributed by atoms with Crippen molar-refractivity contribution in [3.63, 3.8) is 0 Å². The van der Waals surface area contributed by atoms with E-state index in [1.807, 2.05) is 27.7 Å². The molecule has 0 saturated heterocycles. The first-order chi connectivity index (χ1) is 19.7. The summed E-state index contributed by atoms with van der Waals surface area (Å²) in [5.74, 6) is 0.720. The van der Waals surface area contributed by atoms with Crippen molar-refractivity contribution in [2.45, 2.75) is 92.1 Å². The highest BCUT2D eigenvalue weighted by molar-refractivity contribution is 6.80. The molecule has 43 heavy (non-hydrogen) atoms. The molecular weight excluding hydrogens is 587 g/mol. The SMILES string of the molecule is Cc1noc(C)c1-c1nc(-c2cc(OCC(CN(C)C(=O)OC(C)(C)C)C[Si](C)(C)C(C)(C)C)ccc2F)nc(Cl)c1C. The Balaban J connectivity index is 1.91. The Morgan fingerprint density at radius 1 is 1.12 bits per heavy atom. The van der Waals surface area contributed by atoms with Crippen molar-refractivity contribution in [3.05, 3.63) is 46.2 Å². The Morgan fingerprint density at radius 2 is 1.77 bits per heavy atom. The average Bonchev–Trinajstić information content (AvgIpc) is 3.20. The van der Waals surface area contributed by atoms with E-state index in [9.17, 15) is 4.79 Å². The number of halogens is 2. The predicted molar refractivity (Wildman–Crippen MR) is 172 cm³/mol. The van der Waals surface area contributed by atoms with Gasteiger partial charge in [-0.15, -0.1) is 0 Å². The molecule has 1 aromatic carbocycles. The van der Waals surface area contributed by atoms with Gasteiger partial charge in [0.05, 0.1) is 37.2 Å². The molecule has 0 radical (unpaired) electrons. The number of carbonyl (C=O) groups is 1. The second-order valence-corrected chi connectivity index (χ2v) is 20.1. The third-order valence-corrected chi connectivity index (χ3v) is 14.1. The van der Waals surface area contributed by atoms with Gasteiger partial charge in [-0.1, -0.05) is 50.6 Å². The van der Waals surface area contributed by atoms with Crippen LogP contribution in [0.4, 0.5) is 9.18 Å². The Kier molecular flexibility index (Phi) is 10.4. The largest absolute Gasteiger partial charge is 0.493 e. The second-order valence-electron chi connectivity index (χ2n) is 14.0. The highest BCUT2D eigenvalue weighted by atomic mass is 35.5. The summed E-state index contributed by atoms with van der Waals surface area (Å²) in [5, 5.41) is 4.39. The summed E-state index contributed by atoms with van der Waals surface area (Å²) in [4.78, 5) is 23.5. The number of ether oxygens (including phenoxy) is 2. The van der Waals surface area contributed by atoms with Crippen LogP contribution in [0.5, 0.6) is 5.75 Å². The van der Waals surface area contributed by atoms with E-state index < -0.39 is 19.5 Å². The lowest BCUT2D eigenvalue weighted by Crippen LogP contribution is -2.44. The second kappa shape index (κ2) is 12.9. The number of hydrogen-bond donors (Lipinski definition) is 0. The smallest absolute Gasteiger partial charge is 0.410 e. The van der Waals surface area contributed by atoms with Gasteiger partial charge in [-0.2, -0.15) is 0 Å². The summed E-state index contributed by atoms with van der Waals surface area (Å²) in [6, 6.07) is 5.45. The van der Waals surface area contributed by atoms with Crippen LogP contribution in [0, 0.1) is 32.5 Å². The van der Waals surface area contributed by atoms with E-state index in [0.717, 1.165) is 6.04 Å². The molecule has 2 heterocycles. The quantitative estimate of drug-likeness (QED) is 0.172. The first-order valence-corrected chi connectivity index (χ1v) is 18.1. The number of aryl methyl sites for hydroxylation is 2. The summed E-state index contributed by atoms with van der Waals surface area (Å²) in [7, 11) is 0.000600. The molecule has 3 rings (SSSR count). The van der Waals surface area contributed by atoms with E-state index in [2.05, 4.69) is 49.0 Å². The van der Waals surface area contributed by atoms with Gasteiger partial charge in [0.2, 0.25) is 0 Å². The molecule has 0 aliphatic rings. The number of rotatable bonds is 9. The van der Waals surface area contributed by atoms with Gasteiger partial charge in [0.15, 0.2) is 5.82 Å². The van der Waals surface area contributed by atoms with Gasteiger partial charge in [-0.25, -0.2) is 19.2 Å². The minimum Gasteiger partial charge on any atom is -0.493 e. The van der Waals surface area contributed by atoms with Gasteiger partial charge >= 0.3 is 6.09 Å². The summed E-state index contributed by atoms with van der Waals surface area (Å²) in [6.45, 7) is 23.3. The first kappa shape index (κ1) is 34.5. The highest BCUT2D eigenvalue weighted by Gasteiger charge is 2.38. The number of aromatic nitrogens is 3. The monoisotopic (exact) mass is 632 g/mol. The molecule has 0 fully saturated rings. The third-order valence-electron chi connectivity index (χ3n) is 8.09. The van der Waals surface area contributed by atoms with Crippen LogP contribution in [-0.2, 0) is 4.74 Å². The van der Waals surface area contributed by atoms with E-state index in [1.54, 1.807) is 37.9 Å². The molecule has 2 aromatic heterocycles. The molecule has 0 aliphatic heterocycles. The minimum atomic E-state index is -1.75. The average molecular weight is 633 g/mol. The van der Waals surface area contributed by atoms with Gasteiger partial charge in [0.1, 0.15) is 28.1 Å². The van der Waals surface area contributed by atoms with Gasteiger partial charge < -0.3 is 18.9 Å². The molecule has 0 bridgehead atoms. The normalized spacial score (nSPS) is 13.2. The summed E-state index contributed by atoms with van der Waals surface area (Å²) >= 11 is 6.50. The van der Waals surface area contributed by atoms with Crippen LogP contribution in [-0.4, -0.2) is 60.0 Å². The zero-order valence-corrected chi connectivity index (χ0v) is 29.4. The van der Waals surface area contributed by atoms with Crippen molar-refractivity contribution in [3.8, 4) is 28.4 Å². The fourth-order valence-corrected chi connectivity index (χ4v) is 7.13. The van der Waals surface area contributed by atoms with Crippen molar-refractivity contribution in [2.24, 2.45) is 5.92 Å². The summed E-state index contributed by atoms with van der Waals surface area (Å²) < 4.78 is 32.4. The number of carbonyl (C=O) groups excluding carboxylic acids is 1. The molecule has 1 unspecified atom stereocenters. The molecule has 0 spiro atoms. The van der Waals surface area contributed by atoms with Crippen molar-refractivity contribution in [1.29, 1.82) is 0 Å². The zero-order valence-electron chi connectivity index (χ0n) is 27.6. The Bertz CT molecular complexity index is 1440. The maximum absolute atomic E-state index is 15.2. The van der Waals surface area contributed by atoms with Gasteiger partial charge in [-0.05, 0) is 70.8 Å². The number of hydrogen-bond acceptors (Lipinski definition) is 7. The number of amides is 1. The van der Waals surface area contributed by atoms with Crippen molar-refractivity contribution in [2.75, 3.05) is 20.2 Å². The van der Waals surface area contributed by atoms with Crippen LogP contribution in [0.2, 0.25) is 29.3 Å². The zero-order chi connectivity index (χ0) is 32.5. The Labute approximate surface area is 261 Å². The molecule has 3 aromatic rings. The van der Waals surface area contributed by atoms with Crippen molar-refractivity contribution < 1.29 is 23.2 Å². The van der Waals surface area contributed by atoms with Crippen LogP contribution < -0.4 is 4.74 Å². The molecule has 8 nitrogen and oxygen atoms in total. The van der Waals surface area contributed by atoms with Crippen LogP contribution in [0.15, 0.2) is 22.7 Å². The van der Waals surface area contributed by atoms with Crippen molar-refractivity contribution in [1.82, 2.24) is 20.0 Å². The maximum Gasteiger partial charge on any atom is 0.410 e. The molecule has 11 heteroatoms. The number of benzene rings is 1. The predicted octanol–water partition coefficient (Wildman–Crippen LogP) is 8.89. The lowest BCUT2D eigenvalue weighted by atomic mass is 10.1. The molecule has 1 atom stereocenters. The standard InChI is InChI=1S/C32H46ClFN4O4Si/c1-19-27(26-20(2)37-42-21(26)3)35-29(36-28(19)33)24-15-23(13-14-25(24)34)40-17-22(18-43(11,12)32(7,8)9)16-38(10)30(39)41-31(4,5)6/h13-15,22H,16-18H2,1-12H3. The third kappa shape index (κ3) is 8.56. The minimum absolute atomic E-state index is 0.0307. The van der Waals surface area contributed by atoms with E-state index in [1.165, 1.54) is 6.07 Å². The molecular formula is C32H46ClFN4O4Si. The van der Waals surface area contributed by atoms with Crippen LogP contribution >= 0.6 is 11.6 Å². The van der Waals surface area contributed by atoms with E-state index >= 15 is 4.39 Å². The fourth-order valence-electron chi connectivity index (χ4n) is 4.66. The van der Waals surface area contributed by atoms with Gasteiger partial charge in [0, 0.05) is 25.1 Å². The highest BCUT2D eigenvalue weighted by Crippen LogP contribution is 2.41. The van der Waals surface area contributed by atoms with Crippen LogP contribution in [0.3, 0.4) is 0 Å². The Hall–Kier alpha value is -2.98. The number of nitrogens with zero attached hydrogens (tertiary/aromatic N) is 4. The molecule has 0 aliphatic carbocycles. The lowest BCUT2D eigenvalue weighted by Gasteiger charge is -2.40.